The molecule has 0 aromatic carbocycles. The third-order valence-corrected chi connectivity index (χ3v) is 2.73. The van der Waals surface area contributed by atoms with Gasteiger partial charge in [0.1, 0.15) is 0 Å². The molecular formula is C15H30N4O2. The minimum atomic E-state index is 0.572. The van der Waals surface area contributed by atoms with Gasteiger partial charge < -0.3 is 14.8 Å². The number of hydrogen-bond donors (Lipinski definition) is 1. The second-order valence-corrected chi connectivity index (χ2v) is 6.08. The van der Waals surface area contributed by atoms with Gasteiger partial charge >= 0.3 is 0 Å². The van der Waals surface area contributed by atoms with E-state index in [1.807, 2.05) is 10.9 Å². The van der Waals surface area contributed by atoms with Gasteiger partial charge in [-0.1, -0.05) is 32.9 Å². The molecule has 0 atom stereocenters. The first-order valence-corrected chi connectivity index (χ1v) is 7.83. The van der Waals surface area contributed by atoms with Gasteiger partial charge in [-0.3, -0.25) is 0 Å². The predicted molar refractivity (Wildman–Crippen MR) is 83.0 cm³/mol. The zero-order chi connectivity index (χ0) is 15.5. The van der Waals surface area contributed by atoms with Crippen LogP contribution < -0.4 is 5.32 Å². The van der Waals surface area contributed by atoms with Crippen LogP contribution in [0.5, 0.6) is 0 Å². The quantitative estimate of drug-likeness (QED) is 0.595. The molecule has 1 N–H and O–H groups in total. The van der Waals surface area contributed by atoms with E-state index in [9.17, 15) is 0 Å². The molecule has 1 aromatic heterocycles. The second-order valence-electron chi connectivity index (χ2n) is 6.08. The fourth-order valence-corrected chi connectivity index (χ4v) is 1.71. The zero-order valence-electron chi connectivity index (χ0n) is 13.8. The first-order valence-electron chi connectivity index (χ1n) is 7.83. The predicted octanol–water partition coefficient (Wildman–Crippen LogP) is 1.71. The highest BCUT2D eigenvalue weighted by molar-refractivity contribution is 4.91. The highest BCUT2D eigenvalue weighted by atomic mass is 16.5. The summed E-state index contributed by atoms with van der Waals surface area (Å²) in [6.07, 6.45) is 1.96. The van der Waals surface area contributed by atoms with Crippen molar-refractivity contribution in [2.75, 3.05) is 33.0 Å². The van der Waals surface area contributed by atoms with E-state index in [0.29, 0.717) is 31.7 Å². The molecule has 6 nitrogen and oxygen atoms in total. The van der Waals surface area contributed by atoms with Gasteiger partial charge in [0.2, 0.25) is 0 Å². The van der Waals surface area contributed by atoms with E-state index in [0.717, 1.165) is 31.9 Å². The van der Waals surface area contributed by atoms with Crippen molar-refractivity contribution in [2.24, 2.45) is 11.8 Å². The summed E-state index contributed by atoms with van der Waals surface area (Å²) in [5.74, 6) is 1.22. The Labute approximate surface area is 128 Å². The Balaban J connectivity index is 2.03. The van der Waals surface area contributed by atoms with Crippen molar-refractivity contribution in [3.8, 4) is 0 Å². The Morgan fingerprint density at radius 3 is 2.57 bits per heavy atom. The summed E-state index contributed by atoms with van der Waals surface area (Å²) >= 11 is 0. The van der Waals surface area contributed by atoms with Crippen molar-refractivity contribution in [3.05, 3.63) is 11.9 Å². The average molecular weight is 298 g/mol. The molecule has 6 heteroatoms. The molecular weight excluding hydrogens is 268 g/mol. The van der Waals surface area contributed by atoms with Crippen LogP contribution in [0.2, 0.25) is 0 Å². The molecule has 21 heavy (non-hydrogen) atoms. The number of hydrogen-bond acceptors (Lipinski definition) is 5. The Morgan fingerprint density at radius 2 is 1.86 bits per heavy atom. The molecule has 1 heterocycles. The molecule has 0 aliphatic rings. The van der Waals surface area contributed by atoms with Crippen LogP contribution in [0.3, 0.4) is 0 Å². The van der Waals surface area contributed by atoms with Crippen LogP contribution in [0, 0.1) is 11.8 Å². The van der Waals surface area contributed by atoms with Crippen LogP contribution in [0.4, 0.5) is 0 Å². The molecule has 1 rings (SSSR count). The summed E-state index contributed by atoms with van der Waals surface area (Å²) in [6, 6.07) is 0. The van der Waals surface area contributed by atoms with Crippen molar-refractivity contribution in [1.29, 1.82) is 0 Å². The molecule has 0 radical (unpaired) electrons. The first kappa shape index (κ1) is 18.1. The van der Waals surface area contributed by atoms with Gasteiger partial charge in [-0.15, -0.1) is 5.10 Å². The molecule has 0 saturated heterocycles. The van der Waals surface area contributed by atoms with Gasteiger partial charge in [-0.25, -0.2) is 4.68 Å². The molecule has 0 bridgehead atoms. The van der Waals surface area contributed by atoms with Crippen LogP contribution in [0.1, 0.15) is 33.4 Å². The van der Waals surface area contributed by atoms with Crippen LogP contribution >= 0.6 is 0 Å². The number of nitrogens with zero attached hydrogens (tertiary/aromatic N) is 3. The Hall–Kier alpha value is -0.980. The van der Waals surface area contributed by atoms with E-state index in [2.05, 4.69) is 43.3 Å². The minimum absolute atomic E-state index is 0.572. The van der Waals surface area contributed by atoms with Gasteiger partial charge in [0.05, 0.1) is 32.1 Å². The highest BCUT2D eigenvalue weighted by Crippen LogP contribution is 1.95. The molecule has 0 spiro atoms. The van der Waals surface area contributed by atoms with Crippen molar-refractivity contribution in [1.82, 2.24) is 20.3 Å². The lowest BCUT2D eigenvalue weighted by atomic mass is 10.2. The molecule has 0 aliphatic carbocycles. The second kappa shape index (κ2) is 10.7. The van der Waals surface area contributed by atoms with Gasteiger partial charge in [-0.05, 0) is 18.4 Å². The topological polar surface area (TPSA) is 61.2 Å². The molecule has 0 unspecified atom stereocenters. The normalized spacial score (nSPS) is 11.7. The van der Waals surface area contributed by atoms with Crippen molar-refractivity contribution in [2.45, 2.75) is 40.8 Å². The summed E-state index contributed by atoms with van der Waals surface area (Å²) < 4.78 is 12.8. The van der Waals surface area contributed by atoms with E-state index in [1.165, 1.54) is 0 Å². The van der Waals surface area contributed by atoms with Crippen molar-refractivity contribution in [3.63, 3.8) is 0 Å². The highest BCUT2D eigenvalue weighted by Gasteiger charge is 2.01. The molecule has 0 fully saturated rings. The van der Waals surface area contributed by atoms with Crippen LogP contribution in [0.15, 0.2) is 6.20 Å². The molecule has 1 aromatic rings. The number of aromatic nitrogens is 3. The monoisotopic (exact) mass is 298 g/mol. The van der Waals surface area contributed by atoms with E-state index >= 15 is 0 Å². The largest absolute Gasteiger partial charge is 0.379 e. The Bertz CT molecular complexity index is 366. The Kier molecular flexibility index (Phi) is 9.21. The lowest BCUT2D eigenvalue weighted by Crippen LogP contribution is -2.19. The zero-order valence-corrected chi connectivity index (χ0v) is 13.8. The maximum Gasteiger partial charge on any atom is 0.0964 e. The van der Waals surface area contributed by atoms with Gasteiger partial charge in [0.25, 0.3) is 0 Å². The Morgan fingerprint density at radius 1 is 1.10 bits per heavy atom. The maximum absolute atomic E-state index is 5.51. The van der Waals surface area contributed by atoms with Gasteiger partial charge in [0, 0.05) is 19.3 Å². The average Bonchev–Trinajstić information content (AvgIpc) is 2.85. The SMILES string of the molecule is CC(C)CNCc1cn(CCOCCOCC(C)C)nn1. The van der Waals surface area contributed by atoms with Crippen molar-refractivity contribution < 1.29 is 9.47 Å². The van der Waals surface area contributed by atoms with Crippen LogP contribution in [-0.4, -0.2) is 48.0 Å². The van der Waals surface area contributed by atoms with Crippen molar-refractivity contribution >= 4 is 0 Å². The minimum Gasteiger partial charge on any atom is -0.379 e. The van der Waals surface area contributed by atoms with E-state index < -0.39 is 0 Å². The van der Waals surface area contributed by atoms with Crippen LogP contribution in [-0.2, 0) is 22.6 Å². The third kappa shape index (κ3) is 9.55. The fourth-order valence-electron chi connectivity index (χ4n) is 1.71. The first-order chi connectivity index (χ1) is 10.1. The summed E-state index contributed by atoms with van der Waals surface area (Å²) in [5.41, 5.74) is 0.968. The molecule has 0 aliphatic heterocycles. The number of rotatable bonds is 12. The van der Waals surface area contributed by atoms with Gasteiger partial charge in [-0.2, -0.15) is 0 Å². The van der Waals surface area contributed by atoms with Gasteiger partial charge in [0.15, 0.2) is 0 Å². The lowest BCUT2D eigenvalue weighted by molar-refractivity contribution is 0.0345. The summed E-state index contributed by atoms with van der Waals surface area (Å²) in [5, 5.41) is 11.6. The molecule has 122 valence electrons. The van der Waals surface area contributed by atoms with E-state index in [1.54, 1.807) is 0 Å². The molecule has 0 saturated carbocycles. The van der Waals surface area contributed by atoms with Crippen LogP contribution in [0.25, 0.3) is 0 Å². The number of nitrogens with one attached hydrogen (secondary N) is 1. The summed E-state index contributed by atoms with van der Waals surface area (Å²) in [4.78, 5) is 0. The van der Waals surface area contributed by atoms with E-state index in [-0.39, 0.29) is 0 Å². The maximum atomic E-state index is 5.51. The standard InChI is InChI=1S/C15H30N4O2/c1-13(2)9-16-10-15-11-19(18-17-15)5-6-20-7-8-21-12-14(3)4/h11,13-14,16H,5-10,12H2,1-4H3. The van der Waals surface area contributed by atoms with E-state index in [4.69, 9.17) is 9.47 Å². The molecule has 0 amide bonds. The summed E-state index contributed by atoms with van der Waals surface area (Å²) in [7, 11) is 0. The fraction of sp³-hybridized carbons (Fsp3) is 0.867. The third-order valence-electron chi connectivity index (χ3n) is 2.73. The summed E-state index contributed by atoms with van der Waals surface area (Å²) in [6.45, 7) is 13.8. The smallest absolute Gasteiger partial charge is 0.0964 e. The lowest BCUT2D eigenvalue weighted by Gasteiger charge is -2.07. The number of ether oxygens (including phenoxy) is 2.